The van der Waals surface area contributed by atoms with Crippen molar-refractivity contribution in [2.24, 2.45) is 5.73 Å². The van der Waals surface area contributed by atoms with E-state index in [-0.39, 0.29) is 0 Å². The van der Waals surface area contributed by atoms with Crippen LogP contribution >= 0.6 is 11.3 Å². The van der Waals surface area contributed by atoms with Gasteiger partial charge in [-0.25, -0.2) is 0 Å². The molecule has 2 N–H and O–H groups in total. The Morgan fingerprint density at radius 2 is 2.06 bits per heavy atom. The summed E-state index contributed by atoms with van der Waals surface area (Å²) in [5.74, 6) is 0. The van der Waals surface area contributed by atoms with Crippen molar-refractivity contribution in [3.05, 3.63) is 5.01 Å². The molecule has 0 radical (unpaired) electrons. The Kier molecular flexibility index (Phi) is 6.98. The second kappa shape index (κ2) is 8.40. The Morgan fingerprint density at radius 1 is 1.19 bits per heavy atom. The number of aromatic nitrogens is 2. The summed E-state index contributed by atoms with van der Waals surface area (Å²) < 4.78 is 15.5. The lowest BCUT2D eigenvalue weighted by molar-refractivity contribution is 0.0644. The van der Waals surface area contributed by atoms with Gasteiger partial charge in [-0.15, -0.1) is 10.2 Å². The molecular formula is C9H17N3O3S. The van der Waals surface area contributed by atoms with Gasteiger partial charge in [0.05, 0.1) is 19.8 Å². The fourth-order valence-corrected chi connectivity index (χ4v) is 1.53. The van der Waals surface area contributed by atoms with E-state index < -0.39 is 0 Å². The Labute approximate surface area is 98.7 Å². The molecule has 1 aromatic heterocycles. The summed E-state index contributed by atoms with van der Waals surface area (Å²) in [4.78, 5) is 0. The smallest absolute Gasteiger partial charge is 0.294 e. The first kappa shape index (κ1) is 13.3. The van der Waals surface area contributed by atoms with Gasteiger partial charge in [-0.05, 0) is 0 Å². The number of hydrogen-bond acceptors (Lipinski definition) is 7. The SMILES string of the molecule is COCCOCCCOc1nnc(CN)s1. The van der Waals surface area contributed by atoms with E-state index in [1.807, 2.05) is 0 Å². The highest BCUT2D eigenvalue weighted by atomic mass is 32.1. The number of hydrogen-bond donors (Lipinski definition) is 1. The van der Waals surface area contributed by atoms with Gasteiger partial charge in [-0.3, -0.25) is 0 Å². The molecule has 0 aliphatic heterocycles. The van der Waals surface area contributed by atoms with Crippen LogP contribution in [0.25, 0.3) is 0 Å². The number of nitrogens with zero attached hydrogens (tertiary/aromatic N) is 2. The van der Waals surface area contributed by atoms with Crippen LogP contribution in [0, 0.1) is 0 Å². The van der Waals surface area contributed by atoms with Crippen molar-refractivity contribution in [2.75, 3.05) is 33.5 Å². The Morgan fingerprint density at radius 3 is 2.75 bits per heavy atom. The van der Waals surface area contributed by atoms with Crippen LogP contribution in [-0.2, 0) is 16.0 Å². The monoisotopic (exact) mass is 247 g/mol. The molecule has 0 aromatic carbocycles. The summed E-state index contributed by atoms with van der Waals surface area (Å²) in [5.41, 5.74) is 5.41. The fraction of sp³-hybridized carbons (Fsp3) is 0.778. The minimum absolute atomic E-state index is 0.404. The van der Waals surface area contributed by atoms with Gasteiger partial charge in [0, 0.05) is 26.7 Å². The number of ether oxygens (including phenoxy) is 3. The zero-order valence-corrected chi connectivity index (χ0v) is 10.2. The molecule has 0 fully saturated rings. The summed E-state index contributed by atoms with van der Waals surface area (Å²) in [6.45, 7) is 2.88. The predicted octanol–water partition coefficient (Wildman–Crippen LogP) is 0.429. The number of methoxy groups -OCH3 is 1. The van der Waals surface area contributed by atoms with Crippen LogP contribution in [0.1, 0.15) is 11.4 Å². The third kappa shape index (κ3) is 5.36. The van der Waals surface area contributed by atoms with Crippen molar-refractivity contribution in [2.45, 2.75) is 13.0 Å². The van der Waals surface area contributed by atoms with Crippen molar-refractivity contribution in [3.8, 4) is 5.19 Å². The lowest BCUT2D eigenvalue weighted by atomic mass is 10.5. The average molecular weight is 247 g/mol. The van der Waals surface area contributed by atoms with Crippen LogP contribution in [0.5, 0.6) is 5.19 Å². The molecule has 0 saturated carbocycles. The van der Waals surface area contributed by atoms with E-state index in [1.165, 1.54) is 11.3 Å². The molecule has 0 saturated heterocycles. The maximum atomic E-state index is 5.41. The van der Waals surface area contributed by atoms with E-state index in [0.29, 0.717) is 38.2 Å². The van der Waals surface area contributed by atoms with E-state index >= 15 is 0 Å². The van der Waals surface area contributed by atoms with E-state index in [1.54, 1.807) is 7.11 Å². The van der Waals surface area contributed by atoms with E-state index in [4.69, 9.17) is 19.9 Å². The van der Waals surface area contributed by atoms with Gasteiger partial charge in [0.15, 0.2) is 0 Å². The van der Waals surface area contributed by atoms with Crippen LogP contribution in [0.2, 0.25) is 0 Å². The first-order chi connectivity index (χ1) is 7.86. The fourth-order valence-electron chi connectivity index (χ4n) is 0.944. The second-order valence-corrected chi connectivity index (χ2v) is 4.00. The van der Waals surface area contributed by atoms with E-state index in [9.17, 15) is 0 Å². The van der Waals surface area contributed by atoms with Crippen molar-refractivity contribution in [1.29, 1.82) is 0 Å². The summed E-state index contributed by atoms with van der Waals surface area (Å²) in [6, 6.07) is 0. The van der Waals surface area contributed by atoms with Gasteiger partial charge in [0.1, 0.15) is 5.01 Å². The Hall–Kier alpha value is -0.760. The average Bonchev–Trinajstić information content (AvgIpc) is 2.76. The molecule has 0 amide bonds. The van der Waals surface area contributed by atoms with E-state index in [0.717, 1.165) is 11.4 Å². The molecule has 92 valence electrons. The molecule has 0 unspecified atom stereocenters. The van der Waals surface area contributed by atoms with Crippen molar-refractivity contribution in [1.82, 2.24) is 10.2 Å². The highest BCUT2D eigenvalue weighted by Crippen LogP contribution is 2.16. The highest BCUT2D eigenvalue weighted by molar-refractivity contribution is 7.13. The molecule has 0 aliphatic carbocycles. The summed E-state index contributed by atoms with van der Waals surface area (Å²) in [5, 5.41) is 9.04. The molecule has 16 heavy (non-hydrogen) atoms. The van der Waals surface area contributed by atoms with Crippen LogP contribution in [0.15, 0.2) is 0 Å². The number of nitrogens with two attached hydrogens (primary N) is 1. The second-order valence-electron chi connectivity index (χ2n) is 2.97. The predicted molar refractivity (Wildman–Crippen MR) is 60.6 cm³/mol. The zero-order chi connectivity index (χ0) is 11.6. The quantitative estimate of drug-likeness (QED) is 0.637. The third-order valence-corrected chi connectivity index (χ3v) is 2.57. The standard InChI is InChI=1S/C9H17N3O3S/c1-13-5-6-14-3-2-4-15-9-12-11-8(7-10)16-9/h2-7,10H2,1H3. The van der Waals surface area contributed by atoms with Gasteiger partial charge in [0.2, 0.25) is 0 Å². The lowest BCUT2D eigenvalue weighted by Crippen LogP contribution is -2.06. The first-order valence-corrected chi connectivity index (χ1v) is 5.90. The largest absolute Gasteiger partial charge is 0.469 e. The minimum Gasteiger partial charge on any atom is -0.469 e. The maximum absolute atomic E-state index is 5.41. The molecule has 0 atom stereocenters. The minimum atomic E-state index is 0.404. The van der Waals surface area contributed by atoms with Gasteiger partial charge in [0.25, 0.3) is 5.19 Å². The van der Waals surface area contributed by atoms with Crippen molar-refractivity contribution < 1.29 is 14.2 Å². The molecule has 7 heteroatoms. The van der Waals surface area contributed by atoms with Crippen LogP contribution in [-0.4, -0.2) is 43.7 Å². The van der Waals surface area contributed by atoms with E-state index in [2.05, 4.69) is 10.2 Å². The summed E-state index contributed by atoms with van der Waals surface area (Å²) >= 11 is 1.37. The van der Waals surface area contributed by atoms with Gasteiger partial charge in [-0.2, -0.15) is 0 Å². The third-order valence-electron chi connectivity index (χ3n) is 1.71. The lowest BCUT2D eigenvalue weighted by Gasteiger charge is -2.03. The van der Waals surface area contributed by atoms with Gasteiger partial charge >= 0.3 is 0 Å². The molecule has 0 aliphatic rings. The Balaban J connectivity index is 1.98. The molecule has 1 rings (SSSR count). The summed E-state index contributed by atoms with van der Waals surface area (Å²) in [7, 11) is 1.65. The topological polar surface area (TPSA) is 79.5 Å². The van der Waals surface area contributed by atoms with Crippen LogP contribution < -0.4 is 10.5 Å². The molecule has 1 aromatic rings. The molecular weight excluding hydrogens is 230 g/mol. The molecule has 0 bridgehead atoms. The van der Waals surface area contributed by atoms with Crippen LogP contribution in [0.3, 0.4) is 0 Å². The summed E-state index contributed by atoms with van der Waals surface area (Å²) in [6.07, 6.45) is 0.821. The van der Waals surface area contributed by atoms with Crippen molar-refractivity contribution >= 4 is 11.3 Å². The van der Waals surface area contributed by atoms with Crippen LogP contribution in [0.4, 0.5) is 0 Å². The molecule has 6 nitrogen and oxygen atoms in total. The molecule has 0 spiro atoms. The normalized spacial score (nSPS) is 10.6. The first-order valence-electron chi connectivity index (χ1n) is 5.08. The highest BCUT2D eigenvalue weighted by Gasteiger charge is 2.02. The maximum Gasteiger partial charge on any atom is 0.294 e. The van der Waals surface area contributed by atoms with Gasteiger partial charge < -0.3 is 19.9 Å². The number of rotatable bonds is 9. The van der Waals surface area contributed by atoms with Crippen molar-refractivity contribution in [3.63, 3.8) is 0 Å². The van der Waals surface area contributed by atoms with Gasteiger partial charge in [-0.1, -0.05) is 11.3 Å². The Bertz CT molecular complexity index is 283. The zero-order valence-electron chi connectivity index (χ0n) is 9.35. The molecule has 1 heterocycles.